The van der Waals surface area contributed by atoms with E-state index in [-0.39, 0.29) is 12.0 Å². The first-order valence-corrected chi connectivity index (χ1v) is 9.55. The molecule has 7 heteroatoms. The summed E-state index contributed by atoms with van der Waals surface area (Å²) in [7, 11) is -1.90. The zero-order chi connectivity index (χ0) is 15.6. The number of rotatable bonds is 4. The van der Waals surface area contributed by atoms with Crippen LogP contribution in [-0.2, 0) is 20.6 Å². The third-order valence-electron chi connectivity index (χ3n) is 3.80. The van der Waals surface area contributed by atoms with Crippen LogP contribution >= 0.6 is 27.5 Å². The Morgan fingerprint density at radius 1 is 1.48 bits per heavy atom. The van der Waals surface area contributed by atoms with Gasteiger partial charge >= 0.3 is 0 Å². The van der Waals surface area contributed by atoms with E-state index in [1.165, 1.54) is 4.31 Å². The van der Waals surface area contributed by atoms with E-state index in [0.717, 1.165) is 22.9 Å². The van der Waals surface area contributed by atoms with Crippen molar-refractivity contribution in [3.63, 3.8) is 0 Å². The predicted molar refractivity (Wildman–Crippen MR) is 87.2 cm³/mol. The van der Waals surface area contributed by atoms with Gasteiger partial charge in [-0.15, -0.1) is 11.6 Å². The zero-order valence-corrected chi connectivity index (χ0v) is 15.3. The molecule has 4 nitrogen and oxygen atoms in total. The lowest BCUT2D eigenvalue weighted by Crippen LogP contribution is -2.43. The number of benzene rings is 1. The van der Waals surface area contributed by atoms with Gasteiger partial charge in [0.2, 0.25) is 10.0 Å². The molecular formula is C14H19BrClNO3S. The molecule has 1 aromatic carbocycles. The molecule has 0 aliphatic carbocycles. The molecule has 1 aliphatic heterocycles. The monoisotopic (exact) mass is 395 g/mol. The number of nitrogens with zero attached hydrogens (tertiary/aromatic N) is 1. The van der Waals surface area contributed by atoms with Gasteiger partial charge in [0.25, 0.3) is 0 Å². The predicted octanol–water partition coefficient (Wildman–Crippen LogP) is 3.30. The molecule has 1 aromatic rings. The third kappa shape index (κ3) is 3.62. The van der Waals surface area contributed by atoms with Gasteiger partial charge in [-0.3, -0.25) is 0 Å². The number of alkyl halides is 1. The Labute approximate surface area is 139 Å². The van der Waals surface area contributed by atoms with E-state index in [4.69, 9.17) is 16.3 Å². The normalized spacial score (nSPS) is 20.7. The van der Waals surface area contributed by atoms with Crippen molar-refractivity contribution in [2.24, 2.45) is 0 Å². The van der Waals surface area contributed by atoms with Crippen LogP contribution in [0.15, 0.2) is 21.5 Å². The lowest BCUT2D eigenvalue weighted by molar-refractivity contribution is 0.0571. The van der Waals surface area contributed by atoms with Crippen LogP contribution in [-0.4, -0.2) is 39.0 Å². The zero-order valence-electron chi connectivity index (χ0n) is 12.1. The molecule has 0 amide bonds. The molecule has 1 unspecified atom stereocenters. The summed E-state index contributed by atoms with van der Waals surface area (Å²) in [4.78, 5) is 0.323. The van der Waals surface area contributed by atoms with Gasteiger partial charge in [-0.25, -0.2) is 8.42 Å². The van der Waals surface area contributed by atoms with Crippen LogP contribution < -0.4 is 0 Å². The second-order valence-electron chi connectivity index (χ2n) is 5.20. The van der Waals surface area contributed by atoms with Crippen molar-refractivity contribution in [1.82, 2.24) is 4.31 Å². The van der Waals surface area contributed by atoms with Crippen molar-refractivity contribution < 1.29 is 13.2 Å². The summed E-state index contributed by atoms with van der Waals surface area (Å²) < 4.78 is 33.4. The van der Waals surface area contributed by atoms with Gasteiger partial charge in [0.05, 0.1) is 11.0 Å². The average molecular weight is 397 g/mol. The molecule has 1 aliphatic rings. The summed E-state index contributed by atoms with van der Waals surface area (Å²) in [5.74, 6) is 0.280. The molecule has 21 heavy (non-hydrogen) atoms. The molecule has 2 rings (SSSR count). The Bertz CT molecular complexity index is 621. The summed E-state index contributed by atoms with van der Waals surface area (Å²) in [5, 5.41) is 0. The summed E-state index contributed by atoms with van der Waals surface area (Å²) in [6, 6.07) is 3.52. The minimum Gasteiger partial charge on any atom is -0.380 e. The van der Waals surface area contributed by atoms with Gasteiger partial charge in [0.1, 0.15) is 0 Å². The minimum atomic E-state index is -3.53. The van der Waals surface area contributed by atoms with Crippen LogP contribution in [0.5, 0.6) is 0 Å². The van der Waals surface area contributed by atoms with Crippen molar-refractivity contribution in [1.29, 1.82) is 0 Å². The number of hydrogen-bond donors (Lipinski definition) is 0. The minimum absolute atomic E-state index is 0.0338. The summed E-state index contributed by atoms with van der Waals surface area (Å²) in [6.45, 7) is 2.73. The lowest BCUT2D eigenvalue weighted by Gasteiger charge is -2.31. The summed E-state index contributed by atoms with van der Waals surface area (Å²) in [5.41, 5.74) is 1.50. The molecule has 0 N–H and O–H groups in total. The lowest BCUT2D eigenvalue weighted by atomic mass is 10.1. The number of halogens is 2. The van der Waals surface area contributed by atoms with Gasteiger partial charge in [-0.2, -0.15) is 4.31 Å². The van der Waals surface area contributed by atoms with Gasteiger partial charge < -0.3 is 4.74 Å². The van der Waals surface area contributed by atoms with Crippen molar-refractivity contribution in [3.8, 4) is 0 Å². The van der Waals surface area contributed by atoms with E-state index < -0.39 is 10.0 Å². The van der Waals surface area contributed by atoms with Crippen LogP contribution in [0, 0.1) is 6.92 Å². The molecule has 0 bridgehead atoms. The van der Waals surface area contributed by atoms with Crippen molar-refractivity contribution >= 4 is 37.6 Å². The van der Waals surface area contributed by atoms with Crippen molar-refractivity contribution in [2.45, 2.75) is 36.6 Å². The Hall–Kier alpha value is -0.140. The van der Waals surface area contributed by atoms with Crippen LogP contribution in [0.2, 0.25) is 0 Å². The van der Waals surface area contributed by atoms with E-state index in [1.807, 2.05) is 6.07 Å². The van der Waals surface area contributed by atoms with Gasteiger partial charge in [-0.1, -0.05) is 15.9 Å². The molecule has 1 heterocycles. The molecule has 0 aromatic heterocycles. The number of piperidine rings is 1. The fraction of sp³-hybridized carbons (Fsp3) is 0.571. The maximum atomic E-state index is 12.9. The van der Waals surface area contributed by atoms with Crippen molar-refractivity contribution in [2.75, 3.05) is 20.2 Å². The van der Waals surface area contributed by atoms with Crippen molar-refractivity contribution in [3.05, 3.63) is 27.7 Å². The topological polar surface area (TPSA) is 46.6 Å². The van der Waals surface area contributed by atoms with E-state index in [9.17, 15) is 8.42 Å². The van der Waals surface area contributed by atoms with Crippen LogP contribution in [0.1, 0.15) is 24.0 Å². The van der Waals surface area contributed by atoms with Gasteiger partial charge in [0, 0.05) is 30.6 Å². The molecule has 0 radical (unpaired) electrons. The second kappa shape index (κ2) is 6.96. The van der Waals surface area contributed by atoms with E-state index in [2.05, 4.69) is 15.9 Å². The van der Waals surface area contributed by atoms with Gasteiger partial charge in [0.15, 0.2) is 0 Å². The largest absolute Gasteiger partial charge is 0.380 e. The smallest absolute Gasteiger partial charge is 0.243 e. The molecule has 1 atom stereocenters. The second-order valence-corrected chi connectivity index (χ2v) is 8.23. The maximum absolute atomic E-state index is 12.9. The Balaban J connectivity index is 2.41. The fourth-order valence-electron chi connectivity index (χ4n) is 2.51. The SMILES string of the molecule is COC1CCCN(S(=O)(=O)c2cc(CCl)cc(Br)c2C)C1. The molecule has 0 saturated carbocycles. The molecule has 0 spiro atoms. The number of ether oxygens (including phenoxy) is 1. The summed E-state index contributed by atoms with van der Waals surface area (Å²) in [6.07, 6.45) is 1.67. The number of methoxy groups -OCH3 is 1. The maximum Gasteiger partial charge on any atom is 0.243 e. The Morgan fingerprint density at radius 3 is 2.81 bits per heavy atom. The third-order valence-corrected chi connectivity index (χ3v) is 6.93. The molecule has 1 saturated heterocycles. The Morgan fingerprint density at radius 2 is 2.19 bits per heavy atom. The summed E-state index contributed by atoms with van der Waals surface area (Å²) >= 11 is 9.27. The van der Waals surface area contributed by atoms with Crippen LogP contribution in [0.4, 0.5) is 0 Å². The number of hydrogen-bond acceptors (Lipinski definition) is 3. The highest BCUT2D eigenvalue weighted by Crippen LogP contribution is 2.30. The van der Waals surface area contributed by atoms with Crippen LogP contribution in [0.25, 0.3) is 0 Å². The molecule has 1 fully saturated rings. The van der Waals surface area contributed by atoms with E-state index in [0.29, 0.717) is 23.5 Å². The first kappa shape index (κ1) is 17.2. The Kier molecular flexibility index (Phi) is 5.71. The van der Waals surface area contributed by atoms with Gasteiger partial charge in [-0.05, 0) is 43.0 Å². The fourth-order valence-corrected chi connectivity index (χ4v) is 5.11. The highest BCUT2D eigenvalue weighted by Gasteiger charge is 2.31. The first-order valence-electron chi connectivity index (χ1n) is 6.78. The van der Waals surface area contributed by atoms with E-state index >= 15 is 0 Å². The average Bonchev–Trinajstić information content (AvgIpc) is 2.49. The van der Waals surface area contributed by atoms with E-state index in [1.54, 1.807) is 20.1 Å². The quantitative estimate of drug-likeness (QED) is 0.734. The highest BCUT2D eigenvalue weighted by atomic mass is 79.9. The standard InChI is InChI=1S/C14H19BrClNO3S/c1-10-13(15)6-11(8-16)7-14(10)21(18,19)17-5-3-4-12(9-17)20-2/h6-7,12H,3-5,8-9H2,1-2H3. The first-order chi connectivity index (χ1) is 9.90. The van der Waals surface area contributed by atoms with Crippen LogP contribution in [0.3, 0.4) is 0 Å². The highest BCUT2D eigenvalue weighted by molar-refractivity contribution is 9.10. The molecular weight excluding hydrogens is 378 g/mol. The molecule has 118 valence electrons. The number of sulfonamides is 1.